The summed E-state index contributed by atoms with van der Waals surface area (Å²) in [7, 11) is 7.83. The second-order valence-corrected chi connectivity index (χ2v) is 7.58. The molecule has 0 radical (unpaired) electrons. The smallest absolute Gasteiger partial charge is 0.233 e. The minimum absolute atomic E-state index is 0.114. The number of hydrogen-bond acceptors (Lipinski definition) is 7. The molecule has 26 heavy (non-hydrogen) atoms. The molecule has 1 amide bonds. The van der Waals surface area contributed by atoms with Gasteiger partial charge in [0.05, 0.1) is 23.0 Å². The van der Waals surface area contributed by atoms with Gasteiger partial charge in [-0.15, -0.1) is 0 Å². The van der Waals surface area contributed by atoms with Crippen LogP contribution in [0.3, 0.4) is 0 Å². The molecule has 0 saturated carbocycles. The molecule has 3 heterocycles. The highest BCUT2D eigenvalue weighted by atomic mass is 32.2. The Hall–Kier alpha value is -2.35. The molecule has 0 atom stereocenters. The van der Waals surface area contributed by atoms with E-state index in [1.807, 2.05) is 61.1 Å². The quantitative estimate of drug-likeness (QED) is 0.740. The van der Waals surface area contributed by atoms with Crippen LogP contribution in [0.5, 0.6) is 0 Å². The molecule has 0 fully saturated rings. The van der Waals surface area contributed by atoms with E-state index in [9.17, 15) is 4.79 Å². The molecular formula is C18H24N6OS. The average Bonchev–Trinajstić information content (AvgIpc) is 2.65. The van der Waals surface area contributed by atoms with Crippen molar-refractivity contribution in [3.8, 4) is 0 Å². The van der Waals surface area contributed by atoms with Crippen molar-refractivity contribution in [2.45, 2.75) is 18.0 Å². The number of fused-ring (bicyclic) bond motifs is 1. The molecular weight excluding hydrogens is 348 g/mol. The lowest BCUT2D eigenvalue weighted by atomic mass is 10.1. The van der Waals surface area contributed by atoms with Crippen LogP contribution in [0.4, 0.5) is 11.8 Å². The van der Waals surface area contributed by atoms with Gasteiger partial charge in [0.2, 0.25) is 11.9 Å². The summed E-state index contributed by atoms with van der Waals surface area (Å²) in [6.45, 7) is 1.22. The van der Waals surface area contributed by atoms with Crippen LogP contribution in [-0.4, -0.2) is 66.2 Å². The number of nitrogens with zero attached hydrogens (tertiary/aromatic N) is 6. The zero-order valence-electron chi connectivity index (χ0n) is 15.6. The van der Waals surface area contributed by atoms with Crippen LogP contribution >= 0.6 is 11.8 Å². The van der Waals surface area contributed by atoms with Crippen LogP contribution in [0.1, 0.15) is 11.3 Å². The largest absolute Gasteiger partial charge is 0.362 e. The average molecular weight is 372 g/mol. The van der Waals surface area contributed by atoms with Gasteiger partial charge in [0.1, 0.15) is 5.82 Å². The van der Waals surface area contributed by atoms with Crippen molar-refractivity contribution >= 4 is 29.4 Å². The lowest BCUT2D eigenvalue weighted by Gasteiger charge is -2.31. The summed E-state index contributed by atoms with van der Waals surface area (Å²) >= 11 is 1.47. The van der Waals surface area contributed by atoms with Gasteiger partial charge in [-0.05, 0) is 18.6 Å². The zero-order chi connectivity index (χ0) is 18.7. The highest BCUT2D eigenvalue weighted by Gasteiger charge is 2.26. The Morgan fingerprint density at radius 2 is 2.00 bits per heavy atom. The first-order valence-corrected chi connectivity index (χ1v) is 9.50. The van der Waals surface area contributed by atoms with Crippen molar-refractivity contribution in [3.63, 3.8) is 0 Å². The molecule has 0 spiro atoms. The standard InChI is InChI=1S/C18H24N6OS/c1-22(2)17-13-8-10-24(11-14(13)20-18(21-17)23(3)4)16(25)12-26-15-7-5-6-9-19-15/h5-7,9H,8,10-12H2,1-4H3. The molecule has 3 rings (SSSR count). The Balaban J connectivity index is 1.74. The number of rotatable bonds is 5. The minimum Gasteiger partial charge on any atom is -0.362 e. The molecule has 1 aliphatic heterocycles. The van der Waals surface area contributed by atoms with Crippen molar-refractivity contribution in [2.24, 2.45) is 0 Å². The number of pyridine rings is 1. The minimum atomic E-state index is 0.114. The lowest BCUT2D eigenvalue weighted by Crippen LogP contribution is -2.38. The van der Waals surface area contributed by atoms with Crippen LogP contribution in [-0.2, 0) is 17.8 Å². The van der Waals surface area contributed by atoms with Gasteiger partial charge in [-0.3, -0.25) is 4.79 Å². The normalized spacial score (nSPS) is 13.3. The highest BCUT2D eigenvalue weighted by Crippen LogP contribution is 2.28. The predicted octanol–water partition coefficient (Wildman–Crippen LogP) is 1.68. The maximum atomic E-state index is 12.6. The Morgan fingerprint density at radius 1 is 1.19 bits per heavy atom. The van der Waals surface area contributed by atoms with E-state index in [-0.39, 0.29) is 5.91 Å². The number of thioether (sulfide) groups is 1. The molecule has 0 unspecified atom stereocenters. The van der Waals surface area contributed by atoms with Gasteiger partial charge in [0, 0.05) is 46.5 Å². The predicted molar refractivity (Wildman–Crippen MR) is 105 cm³/mol. The molecule has 7 nitrogen and oxygen atoms in total. The first-order chi connectivity index (χ1) is 12.5. The second-order valence-electron chi connectivity index (χ2n) is 6.58. The summed E-state index contributed by atoms with van der Waals surface area (Å²) in [5.74, 6) is 2.11. The fourth-order valence-electron chi connectivity index (χ4n) is 2.84. The van der Waals surface area contributed by atoms with Crippen molar-refractivity contribution in [1.29, 1.82) is 0 Å². The monoisotopic (exact) mass is 372 g/mol. The third kappa shape index (κ3) is 4.07. The molecule has 2 aromatic rings. The van der Waals surface area contributed by atoms with E-state index in [0.29, 0.717) is 24.8 Å². The summed E-state index contributed by atoms with van der Waals surface area (Å²) in [5, 5.41) is 0.866. The van der Waals surface area contributed by atoms with Crippen LogP contribution in [0.15, 0.2) is 29.4 Å². The molecule has 138 valence electrons. The first kappa shape index (κ1) is 18.4. The summed E-state index contributed by atoms with van der Waals surface area (Å²) < 4.78 is 0. The van der Waals surface area contributed by atoms with Crippen LogP contribution in [0.25, 0.3) is 0 Å². The van der Waals surface area contributed by atoms with Gasteiger partial charge in [0.25, 0.3) is 0 Å². The highest BCUT2D eigenvalue weighted by molar-refractivity contribution is 7.99. The molecule has 1 aliphatic rings. The van der Waals surface area contributed by atoms with E-state index in [4.69, 9.17) is 0 Å². The molecule has 0 bridgehead atoms. The number of hydrogen-bond donors (Lipinski definition) is 0. The maximum absolute atomic E-state index is 12.6. The van der Waals surface area contributed by atoms with E-state index < -0.39 is 0 Å². The molecule has 0 aliphatic carbocycles. The van der Waals surface area contributed by atoms with Crippen LogP contribution < -0.4 is 9.80 Å². The number of carbonyl (C=O) groups is 1. The Morgan fingerprint density at radius 3 is 2.65 bits per heavy atom. The first-order valence-electron chi connectivity index (χ1n) is 8.51. The van der Waals surface area contributed by atoms with Gasteiger partial charge < -0.3 is 14.7 Å². The molecule has 0 aromatic carbocycles. The van der Waals surface area contributed by atoms with E-state index in [1.165, 1.54) is 11.8 Å². The fourth-order valence-corrected chi connectivity index (χ4v) is 3.60. The van der Waals surface area contributed by atoms with Gasteiger partial charge >= 0.3 is 0 Å². The zero-order valence-corrected chi connectivity index (χ0v) is 16.5. The van der Waals surface area contributed by atoms with Crippen molar-refractivity contribution < 1.29 is 4.79 Å². The van der Waals surface area contributed by atoms with Crippen molar-refractivity contribution in [2.75, 3.05) is 50.3 Å². The van der Waals surface area contributed by atoms with Gasteiger partial charge in [-0.1, -0.05) is 17.8 Å². The topological polar surface area (TPSA) is 65.5 Å². The Kier molecular flexibility index (Phi) is 5.61. The van der Waals surface area contributed by atoms with E-state index in [0.717, 1.165) is 28.5 Å². The van der Waals surface area contributed by atoms with E-state index in [1.54, 1.807) is 6.20 Å². The van der Waals surface area contributed by atoms with Gasteiger partial charge in [-0.25, -0.2) is 9.97 Å². The summed E-state index contributed by atoms with van der Waals surface area (Å²) in [6.07, 6.45) is 2.52. The number of amides is 1. The van der Waals surface area contributed by atoms with Gasteiger partial charge in [-0.2, -0.15) is 4.98 Å². The maximum Gasteiger partial charge on any atom is 0.233 e. The SMILES string of the molecule is CN(C)c1nc2c(c(N(C)C)n1)CCN(C(=O)CSc1ccccn1)C2. The summed E-state index contributed by atoms with van der Waals surface area (Å²) in [4.78, 5) is 32.0. The van der Waals surface area contributed by atoms with Crippen molar-refractivity contribution in [3.05, 3.63) is 35.7 Å². The summed E-state index contributed by atoms with van der Waals surface area (Å²) in [6, 6.07) is 5.72. The Labute approximate surface area is 158 Å². The summed E-state index contributed by atoms with van der Waals surface area (Å²) in [5.41, 5.74) is 2.08. The number of carbonyl (C=O) groups excluding carboxylic acids is 1. The van der Waals surface area contributed by atoms with E-state index >= 15 is 0 Å². The van der Waals surface area contributed by atoms with Crippen LogP contribution in [0.2, 0.25) is 0 Å². The third-order valence-electron chi connectivity index (χ3n) is 4.19. The van der Waals surface area contributed by atoms with E-state index in [2.05, 4.69) is 15.0 Å². The van der Waals surface area contributed by atoms with Crippen molar-refractivity contribution in [1.82, 2.24) is 19.9 Å². The lowest BCUT2D eigenvalue weighted by molar-refractivity contribution is -0.129. The number of anilines is 2. The molecule has 2 aromatic heterocycles. The molecule has 0 saturated heterocycles. The number of aromatic nitrogens is 3. The fraction of sp³-hybridized carbons (Fsp3) is 0.444. The third-order valence-corrected chi connectivity index (χ3v) is 5.12. The van der Waals surface area contributed by atoms with Gasteiger partial charge in [0.15, 0.2) is 0 Å². The molecule has 0 N–H and O–H groups in total. The van der Waals surface area contributed by atoms with Crippen LogP contribution in [0, 0.1) is 0 Å². The molecule has 8 heteroatoms. The second kappa shape index (κ2) is 7.90. The Bertz CT molecular complexity index is 781.